The number of benzene rings is 1. The van der Waals surface area contributed by atoms with Gasteiger partial charge in [0.05, 0.1) is 34.2 Å². The number of nitrogens with zero attached hydrogens (tertiary/aromatic N) is 2. The zero-order valence-corrected chi connectivity index (χ0v) is 22.4. The van der Waals surface area contributed by atoms with Gasteiger partial charge in [0.2, 0.25) is 0 Å². The standard InChI is InChI=1S/C32H38N4/c1-8-12-13-15-24(14-9-2)28(11-4)36-32-23(10-3)20-34-29-17-16-25(18-27(29)32)26-19-30(33-7)31(22(5)6)35-21-26/h3,8,12-22,28,33H,9,11H2,1-2,4-7H3,(H,34,36)/b12-8-,15-13-,24-14-. The minimum atomic E-state index is 0.121. The Hall–Kier alpha value is -3.84. The fourth-order valence-corrected chi connectivity index (χ4v) is 4.37. The molecule has 3 rings (SSSR count). The number of hydrogen-bond donors (Lipinski definition) is 2. The van der Waals surface area contributed by atoms with Gasteiger partial charge in [-0.25, -0.2) is 0 Å². The van der Waals surface area contributed by atoms with E-state index in [1.54, 1.807) is 6.20 Å². The normalized spacial score (nSPS) is 13.0. The van der Waals surface area contributed by atoms with Crippen molar-refractivity contribution in [2.24, 2.45) is 0 Å². The molecule has 0 saturated heterocycles. The Morgan fingerprint density at radius 2 is 1.89 bits per heavy atom. The van der Waals surface area contributed by atoms with E-state index in [0.717, 1.165) is 57.5 Å². The van der Waals surface area contributed by atoms with Gasteiger partial charge in [0.15, 0.2) is 0 Å². The molecule has 1 unspecified atom stereocenters. The molecule has 2 aromatic heterocycles. The summed E-state index contributed by atoms with van der Waals surface area (Å²) in [4.78, 5) is 9.40. The first-order valence-corrected chi connectivity index (χ1v) is 12.8. The van der Waals surface area contributed by atoms with Crippen molar-refractivity contribution in [1.82, 2.24) is 9.97 Å². The average molecular weight is 479 g/mol. The van der Waals surface area contributed by atoms with Crippen molar-refractivity contribution in [1.29, 1.82) is 0 Å². The van der Waals surface area contributed by atoms with E-state index in [1.807, 2.05) is 26.2 Å². The fraction of sp³-hybridized carbons (Fsp3) is 0.312. The van der Waals surface area contributed by atoms with Gasteiger partial charge in [-0.2, -0.15) is 0 Å². The summed E-state index contributed by atoms with van der Waals surface area (Å²) in [6.45, 7) is 10.7. The summed E-state index contributed by atoms with van der Waals surface area (Å²) in [6, 6.07) is 8.61. The van der Waals surface area contributed by atoms with Crippen LogP contribution in [0.2, 0.25) is 0 Å². The first-order chi connectivity index (χ1) is 17.5. The highest BCUT2D eigenvalue weighted by molar-refractivity contribution is 5.97. The second-order valence-electron chi connectivity index (χ2n) is 9.09. The summed E-state index contributed by atoms with van der Waals surface area (Å²) in [6.07, 6.45) is 22.2. The van der Waals surface area contributed by atoms with Crippen molar-refractivity contribution in [2.75, 3.05) is 17.7 Å². The Kier molecular flexibility index (Phi) is 9.47. The van der Waals surface area contributed by atoms with E-state index in [-0.39, 0.29) is 6.04 Å². The van der Waals surface area contributed by atoms with Gasteiger partial charge in [-0.1, -0.05) is 70.1 Å². The molecule has 3 aromatic rings. The van der Waals surface area contributed by atoms with Crippen LogP contribution in [0.3, 0.4) is 0 Å². The van der Waals surface area contributed by atoms with E-state index in [2.05, 4.69) is 97.8 Å². The maximum absolute atomic E-state index is 5.94. The van der Waals surface area contributed by atoms with Gasteiger partial charge in [0.1, 0.15) is 0 Å². The predicted octanol–water partition coefficient (Wildman–Crippen LogP) is 8.10. The van der Waals surface area contributed by atoms with Crippen LogP contribution in [-0.2, 0) is 0 Å². The fourth-order valence-electron chi connectivity index (χ4n) is 4.37. The monoisotopic (exact) mass is 478 g/mol. The number of pyridine rings is 2. The van der Waals surface area contributed by atoms with Gasteiger partial charge in [-0.05, 0) is 55.0 Å². The van der Waals surface area contributed by atoms with Crippen molar-refractivity contribution in [3.63, 3.8) is 0 Å². The Morgan fingerprint density at radius 1 is 1.08 bits per heavy atom. The molecule has 4 nitrogen and oxygen atoms in total. The quantitative estimate of drug-likeness (QED) is 0.228. The lowest BCUT2D eigenvalue weighted by atomic mass is 9.98. The van der Waals surface area contributed by atoms with Gasteiger partial charge < -0.3 is 10.6 Å². The molecular formula is C32H38N4. The molecule has 0 spiro atoms. The molecule has 0 fully saturated rings. The topological polar surface area (TPSA) is 49.8 Å². The molecule has 4 heteroatoms. The third-order valence-electron chi connectivity index (χ3n) is 6.25. The molecule has 0 radical (unpaired) electrons. The SMILES string of the molecule is C#Cc1cnc2ccc(-c3cnc(C(C)C)c(NC)c3)cc2c1NC(CC)C(/C=C\C=C/C)=C\CC. The minimum absolute atomic E-state index is 0.121. The summed E-state index contributed by atoms with van der Waals surface area (Å²) < 4.78 is 0. The first kappa shape index (κ1) is 26.8. The van der Waals surface area contributed by atoms with Crippen LogP contribution in [0.4, 0.5) is 11.4 Å². The smallest absolute Gasteiger partial charge is 0.0724 e. The number of allylic oxidation sites excluding steroid dienone is 4. The second kappa shape index (κ2) is 12.7. The molecular weight excluding hydrogens is 440 g/mol. The highest BCUT2D eigenvalue weighted by Gasteiger charge is 2.16. The van der Waals surface area contributed by atoms with Gasteiger partial charge >= 0.3 is 0 Å². The Morgan fingerprint density at radius 3 is 2.53 bits per heavy atom. The van der Waals surface area contributed by atoms with Crippen LogP contribution in [0.25, 0.3) is 22.0 Å². The van der Waals surface area contributed by atoms with Crippen molar-refractivity contribution in [2.45, 2.75) is 59.4 Å². The van der Waals surface area contributed by atoms with E-state index in [9.17, 15) is 0 Å². The zero-order chi connectivity index (χ0) is 26.1. The van der Waals surface area contributed by atoms with Gasteiger partial charge in [0, 0.05) is 30.4 Å². The van der Waals surface area contributed by atoms with Crippen molar-refractivity contribution in [3.05, 3.63) is 83.9 Å². The van der Waals surface area contributed by atoms with Crippen LogP contribution in [-0.4, -0.2) is 23.1 Å². The van der Waals surface area contributed by atoms with Crippen molar-refractivity contribution in [3.8, 4) is 23.5 Å². The largest absolute Gasteiger partial charge is 0.387 e. The zero-order valence-electron chi connectivity index (χ0n) is 22.4. The molecule has 0 aliphatic heterocycles. The highest BCUT2D eigenvalue weighted by Crippen LogP contribution is 2.33. The van der Waals surface area contributed by atoms with E-state index >= 15 is 0 Å². The Labute approximate surface area is 216 Å². The molecule has 2 N–H and O–H groups in total. The summed E-state index contributed by atoms with van der Waals surface area (Å²) in [5.74, 6) is 3.18. The number of anilines is 2. The first-order valence-electron chi connectivity index (χ1n) is 12.8. The lowest BCUT2D eigenvalue weighted by Crippen LogP contribution is -2.21. The average Bonchev–Trinajstić information content (AvgIpc) is 2.90. The third-order valence-corrected chi connectivity index (χ3v) is 6.25. The third kappa shape index (κ3) is 6.04. The number of aromatic nitrogens is 2. The summed E-state index contributed by atoms with van der Waals surface area (Å²) in [5, 5.41) is 8.08. The van der Waals surface area contributed by atoms with Crippen LogP contribution in [0.1, 0.15) is 64.6 Å². The molecule has 186 valence electrons. The summed E-state index contributed by atoms with van der Waals surface area (Å²) >= 11 is 0. The molecule has 0 aliphatic rings. The van der Waals surface area contributed by atoms with E-state index in [1.165, 1.54) is 5.57 Å². The van der Waals surface area contributed by atoms with Crippen LogP contribution in [0.5, 0.6) is 0 Å². The number of fused-ring (bicyclic) bond motifs is 1. The predicted molar refractivity (Wildman–Crippen MR) is 157 cm³/mol. The molecule has 0 saturated carbocycles. The maximum atomic E-state index is 5.94. The molecule has 0 aliphatic carbocycles. The number of nitrogens with one attached hydrogen (secondary N) is 2. The molecule has 2 heterocycles. The van der Waals surface area contributed by atoms with E-state index in [0.29, 0.717) is 5.92 Å². The van der Waals surface area contributed by atoms with Gasteiger partial charge in [-0.15, -0.1) is 6.42 Å². The van der Waals surface area contributed by atoms with Gasteiger partial charge in [0.25, 0.3) is 0 Å². The van der Waals surface area contributed by atoms with Crippen LogP contribution in [0, 0.1) is 12.3 Å². The minimum Gasteiger partial charge on any atom is -0.387 e. The summed E-state index contributed by atoms with van der Waals surface area (Å²) in [5.41, 5.74) is 8.09. The molecule has 1 atom stereocenters. The lowest BCUT2D eigenvalue weighted by molar-refractivity contribution is 0.800. The molecule has 1 aromatic carbocycles. The summed E-state index contributed by atoms with van der Waals surface area (Å²) in [7, 11) is 1.94. The molecule has 36 heavy (non-hydrogen) atoms. The number of rotatable bonds is 10. The van der Waals surface area contributed by atoms with Crippen molar-refractivity contribution >= 4 is 22.3 Å². The van der Waals surface area contributed by atoms with E-state index < -0.39 is 0 Å². The van der Waals surface area contributed by atoms with Gasteiger partial charge in [-0.3, -0.25) is 9.97 Å². The molecule has 0 amide bonds. The van der Waals surface area contributed by atoms with Crippen molar-refractivity contribution < 1.29 is 0 Å². The Balaban J connectivity index is 2.13. The second-order valence-corrected chi connectivity index (χ2v) is 9.09. The Bertz CT molecular complexity index is 1320. The molecule has 0 bridgehead atoms. The number of hydrogen-bond acceptors (Lipinski definition) is 4. The highest BCUT2D eigenvalue weighted by atomic mass is 14.9. The van der Waals surface area contributed by atoms with E-state index in [4.69, 9.17) is 11.4 Å². The van der Waals surface area contributed by atoms with Crippen LogP contribution in [0.15, 0.2) is 72.6 Å². The van der Waals surface area contributed by atoms with Crippen LogP contribution >= 0.6 is 0 Å². The number of terminal acetylenes is 1. The van der Waals surface area contributed by atoms with Crippen LogP contribution < -0.4 is 10.6 Å². The maximum Gasteiger partial charge on any atom is 0.0724 e. The lowest BCUT2D eigenvalue weighted by Gasteiger charge is -2.22.